The average molecular weight is 679 g/mol. The van der Waals surface area contributed by atoms with Gasteiger partial charge in [0.2, 0.25) is 0 Å². The van der Waals surface area contributed by atoms with Gasteiger partial charge in [-0.05, 0) is 64.0 Å². The number of benzene rings is 2. The third-order valence-corrected chi connectivity index (χ3v) is 6.80. The summed E-state index contributed by atoms with van der Waals surface area (Å²) in [5, 5.41) is 2.40. The van der Waals surface area contributed by atoms with Crippen LogP contribution in [0, 0.1) is 26.8 Å². The Bertz CT molecular complexity index is 1510. The summed E-state index contributed by atoms with van der Waals surface area (Å²) in [6.07, 6.45) is 1.80. The molecule has 4 N–H and O–H groups in total. The van der Waals surface area contributed by atoms with Gasteiger partial charge in [0.1, 0.15) is 5.82 Å². The molecule has 39 heavy (non-hydrogen) atoms. The molecule has 9 nitrogen and oxygen atoms in total. The summed E-state index contributed by atoms with van der Waals surface area (Å²) in [5.74, 6) is -6.59. The number of nitrogens with one attached hydrogen (secondary N) is 4. The van der Waals surface area contributed by atoms with Crippen LogP contribution in [0.25, 0.3) is 0 Å². The predicted molar refractivity (Wildman–Crippen MR) is 146 cm³/mol. The van der Waals surface area contributed by atoms with E-state index < -0.39 is 68.4 Å². The lowest BCUT2D eigenvalue weighted by molar-refractivity contribution is 0.0422. The van der Waals surface area contributed by atoms with Crippen LogP contribution in [0.2, 0.25) is 0 Å². The average Bonchev–Trinajstić information content (AvgIpc) is 2.87. The molecule has 0 bridgehead atoms. The highest BCUT2D eigenvalue weighted by atomic mass is 127. The third kappa shape index (κ3) is 7.65. The minimum absolute atomic E-state index is 0.0228. The summed E-state index contributed by atoms with van der Waals surface area (Å²) >= 11 is 1.86. The van der Waals surface area contributed by atoms with E-state index in [4.69, 9.17) is 4.84 Å². The lowest BCUT2D eigenvalue weighted by Gasteiger charge is -2.17. The van der Waals surface area contributed by atoms with Gasteiger partial charge in [-0.1, -0.05) is 13.0 Å². The molecule has 0 aliphatic rings. The summed E-state index contributed by atoms with van der Waals surface area (Å²) in [4.78, 5) is 21.4. The molecule has 0 saturated carbocycles. The molecule has 3 aromatic rings. The molecule has 0 unspecified atom stereocenters. The summed E-state index contributed by atoms with van der Waals surface area (Å²) in [7, 11) is -4.13. The third-order valence-electron chi connectivity index (χ3n) is 5.00. The van der Waals surface area contributed by atoms with Crippen molar-refractivity contribution in [2.24, 2.45) is 0 Å². The quantitative estimate of drug-likeness (QED) is 0.0726. The molecule has 0 aliphatic carbocycles. The number of rotatable bonds is 12. The van der Waals surface area contributed by atoms with Crippen molar-refractivity contribution in [2.45, 2.75) is 13.3 Å². The maximum Gasteiger partial charge on any atom is 0.300 e. The van der Waals surface area contributed by atoms with Gasteiger partial charge in [-0.2, -0.15) is 13.1 Å². The van der Waals surface area contributed by atoms with Crippen molar-refractivity contribution in [3.05, 3.63) is 92.7 Å². The molecule has 2 aromatic carbocycles. The molecule has 208 valence electrons. The van der Waals surface area contributed by atoms with Gasteiger partial charge >= 0.3 is 0 Å². The van der Waals surface area contributed by atoms with E-state index in [1.807, 2.05) is 32.8 Å². The number of carbonyl (C=O) groups excluding carboxylic acids is 1. The van der Waals surface area contributed by atoms with E-state index in [1.165, 1.54) is 25.1 Å². The number of pyridine rings is 1. The Hall–Kier alpha value is -3.28. The summed E-state index contributed by atoms with van der Waals surface area (Å²) < 4.78 is 88.5. The van der Waals surface area contributed by atoms with Crippen LogP contribution in [0.5, 0.6) is 0 Å². The Labute approximate surface area is 235 Å². The van der Waals surface area contributed by atoms with Gasteiger partial charge in [-0.25, -0.2) is 28.0 Å². The monoisotopic (exact) mass is 679 g/mol. The first-order valence-electron chi connectivity index (χ1n) is 11.1. The number of aromatic nitrogens is 1. The van der Waals surface area contributed by atoms with Gasteiger partial charge in [0.05, 0.1) is 23.5 Å². The number of hydrogen-bond acceptors (Lipinski definition) is 6. The normalized spacial score (nSPS) is 11.2. The molecule has 0 aliphatic heterocycles. The van der Waals surface area contributed by atoms with Gasteiger partial charge in [-0.15, -0.1) is 6.58 Å². The van der Waals surface area contributed by atoms with Crippen molar-refractivity contribution < 1.29 is 35.6 Å². The van der Waals surface area contributed by atoms with E-state index in [2.05, 4.69) is 21.6 Å². The summed E-state index contributed by atoms with van der Waals surface area (Å²) in [5.41, 5.74) is -0.0712. The highest BCUT2D eigenvalue weighted by Gasteiger charge is 2.25. The molecule has 0 radical (unpaired) electrons. The predicted octanol–water partition coefficient (Wildman–Crippen LogP) is 4.69. The van der Waals surface area contributed by atoms with Crippen molar-refractivity contribution in [1.29, 1.82) is 0 Å². The molecule has 1 aromatic heterocycles. The molecular weight excluding hydrogens is 657 g/mol. The zero-order chi connectivity index (χ0) is 28.7. The second-order valence-electron chi connectivity index (χ2n) is 7.78. The standard InChI is InChI=1S/C24H22F4IN5O4S/c1-3-9-38-33-24(35)16-11-14(10-13-7-8-30-23(20(13)27)34-39(36,37)31-4-2)19(26)21(28)22(16)32-18-6-5-15(29)12-17(18)25/h3,5-8,11-12,31-32H,1,4,9-10H2,2H3,(H,30,34)(H,33,35). The number of anilines is 3. The van der Waals surface area contributed by atoms with Gasteiger partial charge < -0.3 is 5.32 Å². The summed E-state index contributed by atoms with van der Waals surface area (Å²) in [6, 6.07) is 6.01. The maximum atomic E-state index is 15.4. The van der Waals surface area contributed by atoms with Gasteiger partial charge in [0.15, 0.2) is 23.3 Å². The molecule has 0 fully saturated rings. The van der Waals surface area contributed by atoms with Gasteiger partial charge in [0.25, 0.3) is 16.1 Å². The van der Waals surface area contributed by atoms with E-state index in [9.17, 15) is 17.6 Å². The van der Waals surface area contributed by atoms with Crippen molar-refractivity contribution in [3.63, 3.8) is 0 Å². The van der Waals surface area contributed by atoms with Crippen LogP contribution < -0.4 is 20.2 Å². The second kappa shape index (κ2) is 13.2. The highest BCUT2D eigenvalue weighted by Crippen LogP contribution is 2.32. The Morgan fingerprint density at radius 3 is 2.51 bits per heavy atom. The first-order chi connectivity index (χ1) is 18.5. The fourth-order valence-electron chi connectivity index (χ4n) is 3.31. The molecule has 0 spiro atoms. The largest absolute Gasteiger partial charge is 0.350 e. The van der Waals surface area contributed by atoms with E-state index in [1.54, 1.807) is 0 Å². The van der Waals surface area contributed by atoms with E-state index in [0.717, 1.165) is 24.4 Å². The van der Waals surface area contributed by atoms with Crippen LogP contribution in [0.4, 0.5) is 34.8 Å². The number of halogens is 5. The molecule has 1 heterocycles. The number of hydroxylamine groups is 1. The molecule has 3 rings (SSSR count). The maximum absolute atomic E-state index is 15.4. The molecular formula is C24H22F4IN5O4S. The topological polar surface area (TPSA) is 121 Å². The molecule has 0 atom stereocenters. The van der Waals surface area contributed by atoms with Gasteiger partial charge in [-0.3, -0.25) is 14.4 Å². The van der Waals surface area contributed by atoms with Crippen molar-refractivity contribution in [3.8, 4) is 0 Å². The number of hydrogen-bond donors (Lipinski definition) is 4. The molecule has 15 heteroatoms. The zero-order valence-corrected chi connectivity index (χ0v) is 23.2. The first kappa shape index (κ1) is 30.3. The lowest BCUT2D eigenvalue weighted by atomic mass is 10.00. The van der Waals surface area contributed by atoms with Gasteiger partial charge in [0, 0.05) is 22.7 Å². The second-order valence-corrected chi connectivity index (χ2v) is 10.5. The number of carbonyl (C=O) groups is 1. The fraction of sp³-hybridized carbons (Fsp3) is 0.167. The minimum Gasteiger partial charge on any atom is -0.350 e. The SMILES string of the molecule is C=CCONC(=O)c1cc(Cc2ccnc(NS(=O)(=O)NCC)c2F)c(F)c(F)c1Nc1ccc(I)cc1F. The van der Waals surface area contributed by atoms with Crippen LogP contribution in [-0.4, -0.2) is 32.5 Å². The Morgan fingerprint density at radius 1 is 1.10 bits per heavy atom. The highest BCUT2D eigenvalue weighted by molar-refractivity contribution is 14.1. The molecule has 1 amide bonds. The molecule has 0 saturated heterocycles. The number of amides is 1. The van der Waals surface area contributed by atoms with Crippen molar-refractivity contribution in [2.75, 3.05) is 23.2 Å². The fourth-order valence-corrected chi connectivity index (χ4v) is 4.61. The number of nitrogens with zero attached hydrogens (tertiary/aromatic N) is 1. The van der Waals surface area contributed by atoms with Crippen molar-refractivity contribution in [1.82, 2.24) is 15.2 Å². The van der Waals surface area contributed by atoms with Crippen LogP contribution in [0.15, 0.2) is 49.2 Å². The van der Waals surface area contributed by atoms with Crippen LogP contribution in [0.1, 0.15) is 28.4 Å². The lowest BCUT2D eigenvalue weighted by Crippen LogP contribution is -2.30. The van der Waals surface area contributed by atoms with Crippen LogP contribution >= 0.6 is 22.6 Å². The van der Waals surface area contributed by atoms with E-state index in [0.29, 0.717) is 3.57 Å². The van der Waals surface area contributed by atoms with E-state index >= 15 is 13.2 Å². The van der Waals surface area contributed by atoms with Crippen molar-refractivity contribution >= 4 is 55.9 Å². The Balaban J connectivity index is 2.06. The van der Waals surface area contributed by atoms with Crippen LogP contribution in [-0.2, 0) is 21.5 Å². The Kier molecular flexibility index (Phi) is 10.2. The van der Waals surface area contributed by atoms with E-state index in [-0.39, 0.29) is 24.4 Å². The first-order valence-corrected chi connectivity index (χ1v) is 13.7. The van der Waals surface area contributed by atoms with Crippen LogP contribution in [0.3, 0.4) is 0 Å². The Morgan fingerprint density at radius 2 is 1.85 bits per heavy atom. The minimum atomic E-state index is -4.13. The summed E-state index contributed by atoms with van der Waals surface area (Å²) in [6.45, 7) is 4.86. The zero-order valence-electron chi connectivity index (χ0n) is 20.2. The smallest absolute Gasteiger partial charge is 0.300 e.